The van der Waals surface area contributed by atoms with Gasteiger partial charge in [-0.15, -0.1) is 0 Å². The minimum absolute atomic E-state index is 0.0691. The first-order chi connectivity index (χ1) is 15.8. The maximum Gasteiger partial charge on any atom is 0.416 e. The van der Waals surface area contributed by atoms with E-state index in [-0.39, 0.29) is 12.0 Å². The summed E-state index contributed by atoms with van der Waals surface area (Å²) in [5.41, 5.74) is 1.30. The van der Waals surface area contributed by atoms with E-state index < -0.39 is 41.3 Å². The van der Waals surface area contributed by atoms with E-state index >= 15 is 0 Å². The molecule has 2 N–H and O–H groups in total. The van der Waals surface area contributed by atoms with Gasteiger partial charge >= 0.3 is 6.18 Å². The zero-order valence-corrected chi connectivity index (χ0v) is 22.2. The van der Waals surface area contributed by atoms with Gasteiger partial charge in [0.25, 0.3) is 5.56 Å². The van der Waals surface area contributed by atoms with Gasteiger partial charge in [0.05, 0.1) is 5.56 Å². The maximum absolute atomic E-state index is 14.0. The molecule has 0 saturated carbocycles. The Bertz CT molecular complexity index is 750. The molecule has 0 spiro atoms. The molecule has 5 nitrogen and oxygen atoms in total. The van der Waals surface area contributed by atoms with Crippen LogP contribution in [0.5, 0.6) is 0 Å². The molecule has 1 fully saturated rings. The van der Waals surface area contributed by atoms with Crippen molar-refractivity contribution >= 4 is 5.91 Å². The van der Waals surface area contributed by atoms with Crippen LogP contribution in [0, 0.1) is 0 Å². The van der Waals surface area contributed by atoms with E-state index in [2.05, 4.69) is 13.8 Å². The van der Waals surface area contributed by atoms with Crippen LogP contribution in [0.1, 0.15) is 98.2 Å². The molecule has 0 aromatic carbocycles. The minimum Gasteiger partial charge on any atom is -0.368 e. The van der Waals surface area contributed by atoms with Gasteiger partial charge in [0.2, 0.25) is 5.91 Å². The third kappa shape index (κ3) is 12.5. The molecule has 2 rings (SSSR count). The maximum atomic E-state index is 14.0. The second kappa shape index (κ2) is 16.7. The van der Waals surface area contributed by atoms with Crippen molar-refractivity contribution < 1.29 is 22.4 Å². The molecule has 2 heterocycles. The van der Waals surface area contributed by atoms with Crippen LogP contribution in [-0.4, -0.2) is 40.7 Å². The van der Waals surface area contributed by atoms with Crippen LogP contribution in [0.15, 0.2) is 17.1 Å². The van der Waals surface area contributed by atoms with Crippen LogP contribution < -0.4 is 11.3 Å². The van der Waals surface area contributed by atoms with Gasteiger partial charge in [-0.3, -0.25) is 9.59 Å². The molecule has 200 valence electrons. The Morgan fingerprint density at radius 1 is 1.06 bits per heavy atom. The normalized spacial score (nSPS) is 14.2. The fourth-order valence-electron chi connectivity index (χ4n) is 2.98. The van der Waals surface area contributed by atoms with Crippen LogP contribution in [0.25, 0.3) is 0 Å². The Hall–Kier alpha value is -1.90. The van der Waals surface area contributed by atoms with Gasteiger partial charge in [-0.05, 0) is 45.3 Å². The third-order valence-corrected chi connectivity index (χ3v) is 4.96. The molecular formula is C25H45F4N3O2. The van der Waals surface area contributed by atoms with E-state index in [0.717, 1.165) is 30.3 Å². The number of primary amides is 1. The highest BCUT2D eigenvalue weighted by Gasteiger charge is 2.36. The van der Waals surface area contributed by atoms with E-state index in [1.165, 1.54) is 26.7 Å². The minimum atomic E-state index is -4.69. The zero-order chi connectivity index (χ0) is 27.1. The quantitative estimate of drug-likeness (QED) is 0.441. The summed E-state index contributed by atoms with van der Waals surface area (Å²) in [5.74, 6) is -0.966. The van der Waals surface area contributed by atoms with Crippen molar-refractivity contribution in [2.24, 2.45) is 5.73 Å². The van der Waals surface area contributed by atoms with Gasteiger partial charge in [0.15, 0.2) is 0 Å². The number of alkyl halides is 4. The summed E-state index contributed by atoms with van der Waals surface area (Å²) < 4.78 is 54.7. The number of aromatic nitrogens is 1. The Balaban J connectivity index is 0. The molecule has 34 heavy (non-hydrogen) atoms. The van der Waals surface area contributed by atoms with Crippen molar-refractivity contribution in [1.29, 1.82) is 0 Å². The SMILES string of the molecule is CC.CC.CC(C)(F)CC(C(N)=O)n1cc(CCN2CCC2)c(C(F)(F)F)cc1=O.CCCC. The predicted molar refractivity (Wildman–Crippen MR) is 132 cm³/mol. The monoisotopic (exact) mass is 495 g/mol. The Kier molecular flexibility index (Phi) is 16.8. The first kappa shape index (κ1) is 34.3. The van der Waals surface area contributed by atoms with Gasteiger partial charge in [-0.1, -0.05) is 54.4 Å². The predicted octanol–water partition coefficient (Wildman–Crippen LogP) is 6.14. The fourth-order valence-corrected chi connectivity index (χ4v) is 2.98. The number of nitrogens with two attached hydrogens (primary N) is 1. The van der Waals surface area contributed by atoms with E-state index in [1.807, 2.05) is 32.6 Å². The molecule has 1 aliphatic heterocycles. The van der Waals surface area contributed by atoms with E-state index in [1.54, 1.807) is 0 Å². The van der Waals surface area contributed by atoms with Crippen molar-refractivity contribution in [3.63, 3.8) is 0 Å². The zero-order valence-electron chi connectivity index (χ0n) is 22.2. The van der Waals surface area contributed by atoms with E-state index in [9.17, 15) is 27.2 Å². The van der Waals surface area contributed by atoms with Gasteiger partial charge in [-0.25, -0.2) is 4.39 Å². The largest absolute Gasteiger partial charge is 0.416 e. The number of amides is 1. The summed E-state index contributed by atoms with van der Waals surface area (Å²) in [4.78, 5) is 25.9. The first-order valence-corrected chi connectivity index (χ1v) is 12.3. The van der Waals surface area contributed by atoms with Crippen molar-refractivity contribution in [3.8, 4) is 0 Å². The molecule has 1 saturated heterocycles. The fraction of sp³-hybridized carbons (Fsp3) is 0.760. The lowest BCUT2D eigenvalue weighted by molar-refractivity contribution is -0.138. The third-order valence-electron chi connectivity index (χ3n) is 4.96. The van der Waals surface area contributed by atoms with Crippen molar-refractivity contribution in [2.75, 3.05) is 19.6 Å². The van der Waals surface area contributed by atoms with Crippen LogP contribution in [0.3, 0.4) is 0 Å². The number of likely N-dealkylation sites (tertiary alicyclic amines) is 1. The topological polar surface area (TPSA) is 68.3 Å². The molecule has 1 unspecified atom stereocenters. The lowest BCUT2D eigenvalue weighted by Crippen LogP contribution is -2.40. The summed E-state index contributed by atoms with van der Waals surface area (Å²) in [7, 11) is 0. The number of unbranched alkanes of at least 4 members (excludes halogenated alkanes) is 1. The molecule has 1 aromatic rings. The molecule has 0 bridgehead atoms. The lowest BCUT2D eigenvalue weighted by atomic mass is 9.99. The molecule has 1 amide bonds. The molecular weight excluding hydrogens is 450 g/mol. The molecule has 9 heteroatoms. The number of carbonyl (C=O) groups excluding carboxylic acids is 1. The van der Waals surface area contributed by atoms with E-state index in [4.69, 9.17) is 5.73 Å². The van der Waals surface area contributed by atoms with Gasteiger partial charge < -0.3 is 15.2 Å². The second-order valence-electron chi connectivity index (χ2n) is 8.24. The average molecular weight is 496 g/mol. The first-order valence-electron chi connectivity index (χ1n) is 12.3. The highest BCUT2D eigenvalue weighted by molar-refractivity contribution is 5.78. The van der Waals surface area contributed by atoms with Crippen LogP contribution in [0.4, 0.5) is 17.6 Å². The molecule has 1 aliphatic rings. The Morgan fingerprint density at radius 3 is 1.88 bits per heavy atom. The van der Waals surface area contributed by atoms with Crippen molar-refractivity contribution in [2.45, 2.75) is 105 Å². The number of carbonyl (C=O) groups is 1. The lowest BCUT2D eigenvalue weighted by Gasteiger charge is -2.31. The molecule has 1 aromatic heterocycles. The molecule has 0 aliphatic carbocycles. The van der Waals surface area contributed by atoms with Crippen LogP contribution in [0.2, 0.25) is 0 Å². The number of pyridine rings is 1. The molecule has 1 atom stereocenters. The summed E-state index contributed by atoms with van der Waals surface area (Å²) in [6, 6.07) is -0.889. The number of hydrogen-bond acceptors (Lipinski definition) is 3. The number of hydrogen-bond donors (Lipinski definition) is 1. The van der Waals surface area contributed by atoms with Crippen LogP contribution in [-0.2, 0) is 17.4 Å². The summed E-state index contributed by atoms with van der Waals surface area (Å²) in [5, 5.41) is 0. The van der Waals surface area contributed by atoms with Gasteiger partial charge in [0, 0.05) is 25.2 Å². The number of nitrogens with zero attached hydrogens (tertiary/aromatic N) is 2. The number of rotatable bonds is 8. The number of halogens is 4. The van der Waals surface area contributed by atoms with Crippen molar-refractivity contribution in [3.05, 3.63) is 33.7 Å². The molecule has 0 radical (unpaired) electrons. The second-order valence-corrected chi connectivity index (χ2v) is 8.24. The van der Waals surface area contributed by atoms with Crippen LogP contribution >= 0.6 is 0 Å². The Morgan fingerprint density at radius 2 is 1.56 bits per heavy atom. The van der Waals surface area contributed by atoms with Gasteiger partial charge in [0.1, 0.15) is 11.7 Å². The van der Waals surface area contributed by atoms with Crippen molar-refractivity contribution in [1.82, 2.24) is 9.47 Å². The Labute approximate surface area is 202 Å². The van der Waals surface area contributed by atoms with E-state index in [0.29, 0.717) is 12.6 Å². The smallest absolute Gasteiger partial charge is 0.368 e. The summed E-state index contributed by atoms with van der Waals surface area (Å²) in [6.07, 6.45) is -0.379. The standard InChI is InChI=1S/C17H23F4N3O2.C4H10.2C2H6/c1-16(2,18)9-13(15(22)26)24-10-11(4-7-23-5-3-6-23)12(8-14(24)25)17(19,20)21;1-3-4-2;2*1-2/h8,10,13H,3-7,9H2,1-2H3,(H2,22,26);3-4H2,1-2H3;2*1-2H3. The highest BCUT2D eigenvalue weighted by atomic mass is 19.4. The summed E-state index contributed by atoms with van der Waals surface area (Å²) in [6.45, 7) is 16.8. The summed E-state index contributed by atoms with van der Waals surface area (Å²) >= 11 is 0. The average Bonchev–Trinajstić information content (AvgIpc) is 2.73. The van der Waals surface area contributed by atoms with Gasteiger partial charge in [-0.2, -0.15) is 13.2 Å². The highest BCUT2D eigenvalue weighted by Crippen LogP contribution is 2.32.